The number of benzene rings is 1. The number of hydrogen-bond donors (Lipinski definition) is 2. The highest BCUT2D eigenvalue weighted by molar-refractivity contribution is 5.96. The van der Waals surface area contributed by atoms with Crippen molar-refractivity contribution in [1.29, 1.82) is 0 Å². The van der Waals surface area contributed by atoms with Crippen molar-refractivity contribution in [3.05, 3.63) is 24.3 Å². The fourth-order valence-electron chi connectivity index (χ4n) is 2.23. The summed E-state index contributed by atoms with van der Waals surface area (Å²) in [5.41, 5.74) is 0.626. The van der Waals surface area contributed by atoms with Crippen LogP contribution in [-0.2, 0) is 14.4 Å². The highest BCUT2D eigenvalue weighted by Gasteiger charge is 2.29. The third kappa shape index (κ3) is 3.97. The Labute approximate surface area is 128 Å². The number of anilines is 1. The summed E-state index contributed by atoms with van der Waals surface area (Å²) in [6.45, 7) is -0.0722. The molecule has 1 aliphatic rings. The van der Waals surface area contributed by atoms with Crippen molar-refractivity contribution in [2.45, 2.75) is 18.9 Å². The van der Waals surface area contributed by atoms with E-state index in [-0.39, 0.29) is 24.3 Å². The second-order valence-electron chi connectivity index (χ2n) is 5.13. The van der Waals surface area contributed by atoms with E-state index in [0.29, 0.717) is 24.3 Å². The van der Waals surface area contributed by atoms with Crippen molar-refractivity contribution in [3.63, 3.8) is 0 Å². The molecule has 7 heteroatoms. The Hall–Kier alpha value is -2.57. The van der Waals surface area contributed by atoms with Crippen LogP contribution in [0.4, 0.5) is 5.69 Å². The second kappa shape index (κ2) is 6.93. The highest BCUT2D eigenvalue weighted by atomic mass is 16.5. The van der Waals surface area contributed by atoms with Crippen molar-refractivity contribution >= 4 is 23.4 Å². The Bertz CT molecular complexity index is 571. The van der Waals surface area contributed by atoms with Crippen molar-refractivity contribution in [1.82, 2.24) is 10.2 Å². The molecule has 0 saturated carbocycles. The molecule has 2 N–H and O–H groups in total. The van der Waals surface area contributed by atoms with Crippen molar-refractivity contribution in [2.75, 3.05) is 26.0 Å². The average molecular weight is 305 g/mol. The fourth-order valence-corrected chi connectivity index (χ4v) is 2.23. The first kappa shape index (κ1) is 15.8. The predicted molar refractivity (Wildman–Crippen MR) is 80.4 cm³/mol. The van der Waals surface area contributed by atoms with Crippen molar-refractivity contribution in [2.24, 2.45) is 0 Å². The van der Waals surface area contributed by atoms with Gasteiger partial charge in [0.1, 0.15) is 11.8 Å². The van der Waals surface area contributed by atoms with Crippen LogP contribution in [0.1, 0.15) is 12.8 Å². The van der Waals surface area contributed by atoms with Crippen LogP contribution in [0.25, 0.3) is 0 Å². The molecule has 0 aromatic heterocycles. The van der Waals surface area contributed by atoms with Crippen LogP contribution < -0.4 is 15.4 Å². The zero-order chi connectivity index (χ0) is 16.1. The van der Waals surface area contributed by atoms with Gasteiger partial charge in [-0.05, 0) is 30.7 Å². The number of ether oxygens (including phenoxy) is 1. The van der Waals surface area contributed by atoms with Gasteiger partial charge in [-0.3, -0.25) is 14.4 Å². The average Bonchev–Trinajstić information content (AvgIpc) is 2.93. The number of carbonyl (C=O) groups excluding carboxylic acids is 3. The van der Waals surface area contributed by atoms with E-state index in [4.69, 9.17) is 4.74 Å². The maximum Gasteiger partial charge on any atom is 0.245 e. The summed E-state index contributed by atoms with van der Waals surface area (Å²) < 4.78 is 5.04. The van der Waals surface area contributed by atoms with Gasteiger partial charge in [-0.15, -0.1) is 0 Å². The number of methoxy groups -OCH3 is 1. The normalized spacial score (nSPS) is 16.8. The van der Waals surface area contributed by atoms with E-state index < -0.39 is 6.04 Å². The molecule has 22 heavy (non-hydrogen) atoms. The zero-order valence-corrected chi connectivity index (χ0v) is 12.6. The van der Waals surface area contributed by atoms with Crippen molar-refractivity contribution < 1.29 is 19.1 Å². The molecule has 1 aromatic carbocycles. The van der Waals surface area contributed by atoms with Crippen LogP contribution in [0.2, 0.25) is 0 Å². The topological polar surface area (TPSA) is 87.7 Å². The highest BCUT2D eigenvalue weighted by Crippen LogP contribution is 2.15. The SMILES string of the molecule is COc1ccc(NC(=O)CN(C)C(=O)[C@@H]2CCC(=O)N2)cc1. The summed E-state index contributed by atoms with van der Waals surface area (Å²) in [4.78, 5) is 36.5. The molecular formula is C15H19N3O4. The molecule has 0 bridgehead atoms. The standard InChI is InChI=1S/C15H19N3O4/c1-18(15(21)12-7-8-13(19)17-12)9-14(20)16-10-3-5-11(22-2)6-4-10/h3-6,12H,7-9H2,1-2H3,(H,16,20)(H,17,19)/t12-/m0/s1. The summed E-state index contributed by atoms with van der Waals surface area (Å²) in [6, 6.07) is 6.38. The van der Waals surface area contributed by atoms with E-state index in [1.165, 1.54) is 4.90 Å². The van der Waals surface area contributed by atoms with Gasteiger partial charge in [0, 0.05) is 19.2 Å². The van der Waals surface area contributed by atoms with E-state index in [1.54, 1.807) is 38.4 Å². The van der Waals surface area contributed by atoms with Gasteiger partial charge in [0.05, 0.1) is 13.7 Å². The molecule has 0 unspecified atom stereocenters. The lowest BCUT2D eigenvalue weighted by Crippen LogP contribution is -2.45. The van der Waals surface area contributed by atoms with Gasteiger partial charge >= 0.3 is 0 Å². The number of rotatable bonds is 5. The minimum absolute atomic E-state index is 0.0722. The number of nitrogens with zero attached hydrogens (tertiary/aromatic N) is 1. The maximum atomic E-state index is 12.1. The van der Waals surface area contributed by atoms with Crippen LogP contribution in [0.5, 0.6) is 5.75 Å². The van der Waals surface area contributed by atoms with E-state index in [1.807, 2.05) is 0 Å². The summed E-state index contributed by atoms with van der Waals surface area (Å²) in [5.74, 6) is 0.0118. The van der Waals surface area contributed by atoms with Crippen LogP contribution in [0, 0.1) is 0 Å². The van der Waals surface area contributed by atoms with Crippen LogP contribution in [0.15, 0.2) is 24.3 Å². The Kier molecular flexibility index (Phi) is 4.98. The zero-order valence-electron chi connectivity index (χ0n) is 12.6. The lowest BCUT2D eigenvalue weighted by molar-refractivity contribution is -0.135. The molecular weight excluding hydrogens is 286 g/mol. The molecule has 0 radical (unpaired) electrons. The lowest BCUT2D eigenvalue weighted by Gasteiger charge is -2.20. The van der Waals surface area contributed by atoms with Crippen LogP contribution >= 0.6 is 0 Å². The third-order valence-corrected chi connectivity index (χ3v) is 3.42. The first-order valence-electron chi connectivity index (χ1n) is 6.98. The summed E-state index contributed by atoms with van der Waals surface area (Å²) in [7, 11) is 3.11. The van der Waals surface area contributed by atoms with Gasteiger partial charge < -0.3 is 20.3 Å². The second-order valence-corrected chi connectivity index (χ2v) is 5.13. The number of likely N-dealkylation sites (N-methyl/N-ethyl adjacent to an activating group) is 1. The molecule has 1 atom stereocenters. The van der Waals surface area contributed by atoms with E-state index >= 15 is 0 Å². The molecule has 2 rings (SSSR count). The van der Waals surface area contributed by atoms with Gasteiger partial charge in [0.2, 0.25) is 17.7 Å². The molecule has 3 amide bonds. The van der Waals surface area contributed by atoms with Gasteiger partial charge in [-0.1, -0.05) is 0 Å². The predicted octanol–water partition coefficient (Wildman–Crippen LogP) is 0.371. The van der Waals surface area contributed by atoms with Gasteiger partial charge in [-0.25, -0.2) is 0 Å². The van der Waals surface area contributed by atoms with E-state index in [9.17, 15) is 14.4 Å². The maximum absolute atomic E-state index is 12.1. The third-order valence-electron chi connectivity index (χ3n) is 3.42. The smallest absolute Gasteiger partial charge is 0.245 e. The molecule has 0 spiro atoms. The first-order valence-corrected chi connectivity index (χ1v) is 6.98. The summed E-state index contributed by atoms with van der Waals surface area (Å²) in [5, 5.41) is 5.30. The number of amides is 3. The Balaban J connectivity index is 1.85. The molecule has 0 aliphatic carbocycles. The van der Waals surface area contributed by atoms with Gasteiger partial charge in [0.15, 0.2) is 0 Å². The Morgan fingerprint density at radius 3 is 2.59 bits per heavy atom. The largest absolute Gasteiger partial charge is 0.497 e. The van der Waals surface area contributed by atoms with Crippen LogP contribution in [0.3, 0.4) is 0 Å². The van der Waals surface area contributed by atoms with Crippen molar-refractivity contribution in [3.8, 4) is 5.75 Å². The minimum atomic E-state index is -0.522. The van der Waals surface area contributed by atoms with Gasteiger partial charge in [-0.2, -0.15) is 0 Å². The molecule has 1 aromatic rings. The fraction of sp³-hybridized carbons (Fsp3) is 0.400. The molecule has 1 saturated heterocycles. The van der Waals surface area contributed by atoms with E-state index in [0.717, 1.165) is 0 Å². The Morgan fingerprint density at radius 2 is 2.05 bits per heavy atom. The molecule has 1 fully saturated rings. The van der Waals surface area contributed by atoms with E-state index in [2.05, 4.69) is 10.6 Å². The molecule has 1 heterocycles. The Morgan fingerprint density at radius 1 is 1.36 bits per heavy atom. The molecule has 118 valence electrons. The number of hydrogen-bond acceptors (Lipinski definition) is 4. The summed E-state index contributed by atoms with van der Waals surface area (Å²) in [6.07, 6.45) is 0.824. The quantitative estimate of drug-likeness (QED) is 0.823. The lowest BCUT2D eigenvalue weighted by atomic mass is 10.2. The number of nitrogens with one attached hydrogen (secondary N) is 2. The van der Waals surface area contributed by atoms with Crippen LogP contribution in [-0.4, -0.2) is 49.4 Å². The monoisotopic (exact) mass is 305 g/mol. The molecule has 1 aliphatic heterocycles. The summed E-state index contributed by atoms with van der Waals surface area (Å²) >= 11 is 0. The minimum Gasteiger partial charge on any atom is -0.497 e. The van der Waals surface area contributed by atoms with Gasteiger partial charge in [0.25, 0.3) is 0 Å². The number of carbonyl (C=O) groups is 3. The molecule has 7 nitrogen and oxygen atoms in total. The first-order chi connectivity index (χ1) is 10.5.